The molecule has 0 saturated heterocycles. The molecule has 100 valence electrons. The van der Waals surface area contributed by atoms with Gasteiger partial charge in [-0.25, -0.2) is 0 Å². The van der Waals surface area contributed by atoms with E-state index < -0.39 is 0 Å². The van der Waals surface area contributed by atoms with E-state index in [9.17, 15) is 0 Å². The molecule has 0 radical (unpaired) electrons. The van der Waals surface area contributed by atoms with E-state index in [0.29, 0.717) is 0 Å². The fourth-order valence-electron chi connectivity index (χ4n) is 2.44. The summed E-state index contributed by atoms with van der Waals surface area (Å²) in [4.78, 5) is 0. The number of ether oxygens (including phenoxy) is 1. The van der Waals surface area contributed by atoms with E-state index in [1.165, 1.54) is 16.7 Å². The van der Waals surface area contributed by atoms with Crippen molar-refractivity contribution in [2.24, 2.45) is 5.73 Å². The predicted molar refractivity (Wildman–Crippen MR) is 79.7 cm³/mol. The molecule has 0 aliphatic rings. The number of nitrogens with two attached hydrogens (primary N) is 1. The second-order valence-corrected chi connectivity index (χ2v) is 5.08. The van der Waals surface area contributed by atoms with Crippen LogP contribution in [0.3, 0.4) is 0 Å². The van der Waals surface area contributed by atoms with E-state index in [2.05, 4.69) is 45.0 Å². The van der Waals surface area contributed by atoms with Gasteiger partial charge in [-0.05, 0) is 38.0 Å². The van der Waals surface area contributed by atoms with Crippen LogP contribution in [0.15, 0.2) is 36.4 Å². The van der Waals surface area contributed by atoms with Crippen LogP contribution in [-0.2, 0) is 0 Å². The zero-order valence-corrected chi connectivity index (χ0v) is 12.0. The molecule has 0 aromatic heterocycles. The van der Waals surface area contributed by atoms with Gasteiger partial charge in [0, 0.05) is 5.56 Å². The van der Waals surface area contributed by atoms with Crippen LogP contribution in [0.1, 0.15) is 33.9 Å². The van der Waals surface area contributed by atoms with Crippen LogP contribution in [0, 0.1) is 20.8 Å². The number of rotatable bonds is 3. The molecule has 2 aromatic rings. The number of benzene rings is 2. The zero-order valence-electron chi connectivity index (χ0n) is 12.0. The van der Waals surface area contributed by atoms with Crippen molar-refractivity contribution in [2.45, 2.75) is 26.8 Å². The standard InChI is InChI=1S/C17H21NO/c1-11-5-7-14(13(3)9-11)17(18)15-10-12(2)6-8-16(15)19-4/h5-10,17H,18H2,1-4H3. The minimum Gasteiger partial charge on any atom is -0.496 e. The average Bonchev–Trinajstić information content (AvgIpc) is 2.38. The summed E-state index contributed by atoms with van der Waals surface area (Å²) in [6.07, 6.45) is 0. The molecule has 0 saturated carbocycles. The second-order valence-electron chi connectivity index (χ2n) is 5.08. The summed E-state index contributed by atoms with van der Waals surface area (Å²) < 4.78 is 5.43. The van der Waals surface area contributed by atoms with Gasteiger partial charge in [0.05, 0.1) is 13.2 Å². The first kappa shape index (κ1) is 13.6. The molecule has 2 aromatic carbocycles. The van der Waals surface area contributed by atoms with E-state index in [1.807, 2.05) is 12.1 Å². The summed E-state index contributed by atoms with van der Waals surface area (Å²) in [7, 11) is 1.68. The Morgan fingerprint density at radius 1 is 0.895 bits per heavy atom. The lowest BCUT2D eigenvalue weighted by molar-refractivity contribution is 0.407. The Morgan fingerprint density at radius 2 is 1.53 bits per heavy atom. The van der Waals surface area contributed by atoms with Crippen LogP contribution in [0.25, 0.3) is 0 Å². The first-order chi connectivity index (χ1) is 9.02. The third-order valence-electron chi connectivity index (χ3n) is 3.48. The molecule has 0 bridgehead atoms. The summed E-state index contributed by atoms with van der Waals surface area (Å²) in [5.41, 5.74) is 12.3. The fraction of sp³-hybridized carbons (Fsp3) is 0.294. The molecular formula is C17H21NO. The molecule has 0 fully saturated rings. The second kappa shape index (κ2) is 5.45. The third kappa shape index (κ3) is 2.79. The van der Waals surface area contributed by atoms with Crippen LogP contribution in [0.4, 0.5) is 0 Å². The highest BCUT2D eigenvalue weighted by atomic mass is 16.5. The van der Waals surface area contributed by atoms with E-state index in [1.54, 1.807) is 7.11 Å². The van der Waals surface area contributed by atoms with Gasteiger partial charge in [0.15, 0.2) is 0 Å². The number of methoxy groups -OCH3 is 1. The number of aryl methyl sites for hydroxylation is 3. The van der Waals surface area contributed by atoms with Gasteiger partial charge in [-0.3, -0.25) is 0 Å². The molecule has 0 heterocycles. The molecule has 1 unspecified atom stereocenters. The molecule has 2 heteroatoms. The van der Waals surface area contributed by atoms with E-state index in [0.717, 1.165) is 16.9 Å². The van der Waals surface area contributed by atoms with Crippen LogP contribution < -0.4 is 10.5 Å². The highest BCUT2D eigenvalue weighted by Gasteiger charge is 2.16. The van der Waals surface area contributed by atoms with Gasteiger partial charge in [-0.2, -0.15) is 0 Å². The molecule has 1 atom stereocenters. The number of hydrogen-bond donors (Lipinski definition) is 1. The minimum absolute atomic E-state index is 0.157. The monoisotopic (exact) mass is 255 g/mol. The van der Waals surface area contributed by atoms with Crippen molar-refractivity contribution < 1.29 is 4.74 Å². The Balaban J connectivity index is 2.49. The predicted octanol–water partition coefficient (Wildman–Crippen LogP) is 3.67. The van der Waals surface area contributed by atoms with Crippen molar-refractivity contribution in [1.82, 2.24) is 0 Å². The highest BCUT2D eigenvalue weighted by molar-refractivity contribution is 5.46. The van der Waals surface area contributed by atoms with E-state index >= 15 is 0 Å². The van der Waals surface area contributed by atoms with Crippen LogP contribution in [0.5, 0.6) is 5.75 Å². The first-order valence-corrected chi connectivity index (χ1v) is 6.50. The Kier molecular flexibility index (Phi) is 3.91. The maximum absolute atomic E-state index is 6.43. The molecule has 2 rings (SSSR count). The molecule has 0 amide bonds. The Bertz CT molecular complexity index is 590. The van der Waals surface area contributed by atoms with Crippen molar-refractivity contribution in [1.29, 1.82) is 0 Å². The normalized spacial score (nSPS) is 12.3. The molecule has 19 heavy (non-hydrogen) atoms. The summed E-state index contributed by atoms with van der Waals surface area (Å²) in [6.45, 7) is 6.26. The Hall–Kier alpha value is -1.80. The van der Waals surface area contributed by atoms with E-state index in [4.69, 9.17) is 10.5 Å². The van der Waals surface area contributed by atoms with Crippen LogP contribution >= 0.6 is 0 Å². The van der Waals surface area contributed by atoms with Crippen molar-refractivity contribution in [2.75, 3.05) is 7.11 Å². The summed E-state index contributed by atoms with van der Waals surface area (Å²) >= 11 is 0. The van der Waals surface area contributed by atoms with Gasteiger partial charge in [-0.1, -0.05) is 41.5 Å². The van der Waals surface area contributed by atoms with E-state index in [-0.39, 0.29) is 6.04 Å². The zero-order chi connectivity index (χ0) is 14.0. The maximum atomic E-state index is 6.43. The van der Waals surface area contributed by atoms with Crippen molar-refractivity contribution in [3.63, 3.8) is 0 Å². The van der Waals surface area contributed by atoms with Crippen molar-refractivity contribution in [3.8, 4) is 5.75 Å². The Labute approximate surface area is 115 Å². The molecule has 0 aliphatic carbocycles. The van der Waals surface area contributed by atoms with Crippen LogP contribution in [-0.4, -0.2) is 7.11 Å². The van der Waals surface area contributed by atoms with Gasteiger partial charge in [0.25, 0.3) is 0 Å². The third-order valence-corrected chi connectivity index (χ3v) is 3.48. The van der Waals surface area contributed by atoms with Gasteiger partial charge in [-0.15, -0.1) is 0 Å². The summed E-state index contributed by atoms with van der Waals surface area (Å²) in [5, 5.41) is 0. The van der Waals surface area contributed by atoms with Gasteiger partial charge in [0.2, 0.25) is 0 Å². The molecular weight excluding hydrogens is 234 g/mol. The summed E-state index contributed by atoms with van der Waals surface area (Å²) in [6, 6.07) is 12.3. The SMILES string of the molecule is COc1ccc(C)cc1C(N)c1ccc(C)cc1C. The fourth-order valence-corrected chi connectivity index (χ4v) is 2.44. The minimum atomic E-state index is -0.157. The smallest absolute Gasteiger partial charge is 0.123 e. The highest BCUT2D eigenvalue weighted by Crippen LogP contribution is 2.30. The molecule has 2 N–H and O–H groups in total. The van der Waals surface area contributed by atoms with Gasteiger partial charge >= 0.3 is 0 Å². The quantitative estimate of drug-likeness (QED) is 0.908. The topological polar surface area (TPSA) is 35.2 Å². The lowest BCUT2D eigenvalue weighted by Gasteiger charge is -2.19. The molecule has 0 spiro atoms. The number of hydrogen-bond acceptors (Lipinski definition) is 2. The maximum Gasteiger partial charge on any atom is 0.123 e. The lowest BCUT2D eigenvalue weighted by atomic mass is 9.93. The first-order valence-electron chi connectivity index (χ1n) is 6.50. The van der Waals surface area contributed by atoms with Crippen molar-refractivity contribution in [3.05, 3.63) is 64.2 Å². The largest absolute Gasteiger partial charge is 0.496 e. The average molecular weight is 255 g/mol. The lowest BCUT2D eigenvalue weighted by Crippen LogP contribution is -2.14. The Morgan fingerprint density at radius 3 is 2.16 bits per heavy atom. The van der Waals surface area contributed by atoms with Crippen LogP contribution in [0.2, 0.25) is 0 Å². The van der Waals surface area contributed by atoms with Crippen molar-refractivity contribution >= 4 is 0 Å². The molecule has 0 aliphatic heterocycles. The molecule has 2 nitrogen and oxygen atoms in total. The van der Waals surface area contributed by atoms with Gasteiger partial charge in [0.1, 0.15) is 5.75 Å². The summed E-state index contributed by atoms with van der Waals surface area (Å²) in [5.74, 6) is 0.845. The van der Waals surface area contributed by atoms with Gasteiger partial charge < -0.3 is 10.5 Å².